The summed E-state index contributed by atoms with van der Waals surface area (Å²) in [6.07, 6.45) is 3.33. The van der Waals surface area contributed by atoms with E-state index in [1.165, 1.54) is 0 Å². The Morgan fingerprint density at radius 2 is 2.00 bits per heavy atom. The van der Waals surface area contributed by atoms with E-state index >= 15 is 0 Å². The average molecular weight is 212 g/mol. The van der Waals surface area contributed by atoms with Gasteiger partial charge in [0.2, 0.25) is 0 Å². The van der Waals surface area contributed by atoms with Crippen LogP contribution in [0.1, 0.15) is 6.92 Å². The molecule has 4 nitrogen and oxygen atoms in total. The first-order valence-electron chi connectivity index (χ1n) is 4.98. The second-order valence-electron chi connectivity index (χ2n) is 3.22. The van der Waals surface area contributed by atoms with Gasteiger partial charge in [0.15, 0.2) is 0 Å². The summed E-state index contributed by atoms with van der Waals surface area (Å²) in [5, 5.41) is 0. The summed E-state index contributed by atoms with van der Waals surface area (Å²) in [6, 6.07) is 9.80. The molecule has 0 unspecified atom stereocenters. The van der Waals surface area contributed by atoms with Gasteiger partial charge < -0.3 is 5.73 Å². The number of nitrogens with zero attached hydrogens (tertiary/aromatic N) is 3. The van der Waals surface area contributed by atoms with Crippen molar-refractivity contribution in [3.05, 3.63) is 36.5 Å². The molecule has 0 amide bonds. The summed E-state index contributed by atoms with van der Waals surface area (Å²) < 4.78 is 0. The summed E-state index contributed by atoms with van der Waals surface area (Å²) >= 11 is 0. The molecule has 0 aliphatic rings. The van der Waals surface area contributed by atoms with E-state index < -0.39 is 0 Å². The smallest absolute Gasteiger partial charge is 0.250 e. The summed E-state index contributed by atoms with van der Waals surface area (Å²) in [5.41, 5.74) is 7.69. The van der Waals surface area contributed by atoms with Crippen LogP contribution in [0.25, 0.3) is 11.1 Å². The van der Waals surface area contributed by atoms with Gasteiger partial charge in [-0.3, -0.25) is 0 Å². The second kappa shape index (κ2) is 4.53. The number of benzene rings is 1. The van der Waals surface area contributed by atoms with Gasteiger partial charge >= 0.3 is 0 Å². The minimum Gasteiger partial charge on any atom is -0.383 e. The Kier molecular flexibility index (Phi) is 2.91. The number of nitrogen functional groups attached to an aromatic ring is 1. The van der Waals surface area contributed by atoms with Crippen molar-refractivity contribution >= 4 is 18.0 Å². The number of rotatable bonds is 2. The summed E-state index contributed by atoms with van der Waals surface area (Å²) in [6.45, 7) is 1.81. The third-order valence-electron chi connectivity index (χ3n) is 2.13. The van der Waals surface area contributed by atoms with Crippen LogP contribution in [-0.2, 0) is 0 Å². The predicted octanol–water partition coefficient (Wildman–Crippen LogP) is 2.45. The average Bonchev–Trinajstić information content (AvgIpc) is 2.31. The third-order valence-corrected chi connectivity index (χ3v) is 2.13. The molecule has 0 atom stereocenters. The van der Waals surface area contributed by atoms with Crippen molar-refractivity contribution < 1.29 is 0 Å². The van der Waals surface area contributed by atoms with Gasteiger partial charge in [-0.25, -0.2) is 9.98 Å². The zero-order chi connectivity index (χ0) is 11.4. The highest BCUT2D eigenvalue weighted by Gasteiger charge is 2.04. The molecule has 2 aromatic rings. The maximum Gasteiger partial charge on any atom is 0.250 e. The quantitative estimate of drug-likeness (QED) is 0.777. The maximum atomic E-state index is 5.86. The van der Waals surface area contributed by atoms with Gasteiger partial charge in [0.1, 0.15) is 5.82 Å². The standard InChI is InChI=1S/C12H12N4/c1-2-14-12-15-8-10(11(13)16-12)9-6-4-3-5-7-9/h2-8H,1H3,(H2,13,15,16). The van der Waals surface area contributed by atoms with Crippen LogP contribution < -0.4 is 5.73 Å². The van der Waals surface area contributed by atoms with Crippen LogP contribution in [0.15, 0.2) is 41.5 Å². The molecule has 0 radical (unpaired) electrons. The third kappa shape index (κ3) is 2.06. The first-order chi connectivity index (χ1) is 7.81. The van der Waals surface area contributed by atoms with Crippen LogP contribution in [0, 0.1) is 0 Å². The Bertz CT molecular complexity index is 506. The van der Waals surface area contributed by atoms with Crippen molar-refractivity contribution in [2.24, 2.45) is 4.99 Å². The van der Waals surface area contributed by atoms with E-state index in [2.05, 4.69) is 15.0 Å². The molecule has 2 N–H and O–H groups in total. The fourth-order valence-electron chi connectivity index (χ4n) is 1.40. The molecule has 4 heteroatoms. The van der Waals surface area contributed by atoms with Crippen molar-refractivity contribution in [2.45, 2.75) is 6.92 Å². The first-order valence-corrected chi connectivity index (χ1v) is 4.98. The minimum atomic E-state index is 0.389. The van der Waals surface area contributed by atoms with Crippen molar-refractivity contribution in [1.82, 2.24) is 9.97 Å². The van der Waals surface area contributed by atoms with Gasteiger partial charge in [0.05, 0.1) is 0 Å². The molecule has 0 fully saturated rings. The molecule has 1 aromatic heterocycles. The predicted molar refractivity (Wildman–Crippen MR) is 65.7 cm³/mol. The van der Waals surface area contributed by atoms with Gasteiger partial charge in [-0.05, 0) is 12.5 Å². The summed E-state index contributed by atoms with van der Waals surface area (Å²) in [7, 11) is 0. The van der Waals surface area contributed by atoms with Gasteiger partial charge in [0, 0.05) is 18.0 Å². The molecular weight excluding hydrogens is 200 g/mol. The second-order valence-corrected chi connectivity index (χ2v) is 3.22. The topological polar surface area (TPSA) is 64.2 Å². The molecule has 80 valence electrons. The van der Waals surface area contributed by atoms with Crippen molar-refractivity contribution in [1.29, 1.82) is 0 Å². The van der Waals surface area contributed by atoms with Crippen LogP contribution in [-0.4, -0.2) is 16.2 Å². The number of aliphatic imine (C=N–C) groups is 1. The Morgan fingerprint density at radius 1 is 1.25 bits per heavy atom. The number of nitrogens with two attached hydrogens (primary N) is 1. The molecule has 1 aromatic carbocycles. The highest BCUT2D eigenvalue weighted by atomic mass is 15.1. The lowest BCUT2D eigenvalue weighted by Crippen LogP contribution is -1.95. The molecular formula is C12H12N4. The van der Waals surface area contributed by atoms with Crippen molar-refractivity contribution in [3.8, 4) is 11.1 Å². The first kappa shape index (κ1) is 10.3. The largest absolute Gasteiger partial charge is 0.383 e. The fourth-order valence-corrected chi connectivity index (χ4v) is 1.40. The van der Waals surface area contributed by atoms with E-state index in [-0.39, 0.29) is 0 Å². The van der Waals surface area contributed by atoms with Crippen LogP contribution in [0.2, 0.25) is 0 Å². The molecule has 0 aliphatic carbocycles. The Balaban J connectivity index is 2.44. The molecule has 0 spiro atoms. The maximum absolute atomic E-state index is 5.86. The van der Waals surface area contributed by atoms with Gasteiger partial charge in [-0.2, -0.15) is 4.98 Å². The number of anilines is 1. The van der Waals surface area contributed by atoms with Crippen LogP contribution in [0.5, 0.6) is 0 Å². The van der Waals surface area contributed by atoms with Crippen LogP contribution in [0.3, 0.4) is 0 Å². The van der Waals surface area contributed by atoms with Crippen molar-refractivity contribution in [2.75, 3.05) is 5.73 Å². The highest BCUT2D eigenvalue weighted by molar-refractivity contribution is 5.73. The molecule has 0 saturated carbocycles. The van der Waals surface area contributed by atoms with E-state index in [1.807, 2.05) is 37.3 Å². The Labute approximate surface area is 93.9 Å². The van der Waals surface area contributed by atoms with E-state index in [4.69, 9.17) is 5.73 Å². The van der Waals surface area contributed by atoms with E-state index in [9.17, 15) is 0 Å². The lowest BCUT2D eigenvalue weighted by Gasteiger charge is -2.04. The molecule has 0 aliphatic heterocycles. The number of hydrogen-bond donors (Lipinski definition) is 1. The van der Waals surface area contributed by atoms with E-state index in [0.29, 0.717) is 11.8 Å². The Morgan fingerprint density at radius 3 is 2.62 bits per heavy atom. The van der Waals surface area contributed by atoms with E-state index in [1.54, 1.807) is 12.4 Å². The van der Waals surface area contributed by atoms with Gasteiger partial charge in [-0.1, -0.05) is 30.3 Å². The van der Waals surface area contributed by atoms with Crippen molar-refractivity contribution in [3.63, 3.8) is 0 Å². The number of hydrogen-bond acceptors (Lipinski definition) is 4. The summed E-state index contributed by atoms with van der Waals surface area (Å²) in [4.78, 5) is 12.2. The zero-order valence-electron chi connectivity index (χ0n) is 8.96. The lowest BCUT2D eigenvalue weighted by atomic mass is 10.1. The lowest BCUT2D eigenvalue weighted by molar-refractivity contribution is 1.15. The SMILES string of the molecule is CC=Nc1ncc(-c2ccccc2)c(N)n1. The zero-order valence-corrected chi connectivity index (χ0v) is 8.96. The molecule has 1 heterocycles. The van der Waals surface area contributed by atoms with Gasteiger partial charge in [-0.15, -0.1) is 0 Å². The van der Waals surface area contributed by atoms with Crippen LogP contribution in [0.4, 0.5) is 11.8 Å². The fraction of sp³-hybridized carbons (Fsp3) is 0.0833. The monoisotopic (exact) mass is 212 g/mol. The molecule has 0 saturated heterocycles. The summed E-state index contributed by atoms with van der Waals surface area (Å²) in [5.74, 6) is 0.835. The van der Waals surface area contributed by atoms with Gasteiger partial charge in [0.25, 0.3) is 5.95 Å². The minimum absolute atomic E-state index is 0.389. The number of aromatic nitrogens is 2. The normalized spacial score (nSPS) is 10.8. The highest BCUT2D eigenvalue weighted by Crippen LogP contribution is 2.24. The van der Waals surface area contributed by atoms with E-state index in [0.717, 1.165) is 11.1 Å². The molecule has 2 rings (SSSR count). The molecule has 0 bridgehead atoms. The molecule has 16 heavy (non-hydrogen) atoms. The van der Waals surface area contributed by atoms with Crippen LogP contribution >= 0.6 is 0 Å². The Hall–Kier alpha value is -2.23.